The van der Waals surface area contributed by atoms with Gasteiger partial charge in [0.2, 0.25) is 5.91 Å². The van der Waals surface area contributed by atoms with Crippen LogP contribution in [0, 0.1) is 11.8 Å². The summed E-state index contributed by atoms with van der Waals surface area (Å²) in [6, 6.07) is 0.0595. The largest absolute Gasteiger partial charge is 0.396 e. The van der Waals surface area contributed by atoms with Crippen LogP contribution in [0.1, 0.15) is 38.5 Å². The number of aliphatic hydroxyl groups is 1. The third kappa shape index (κ3) is 4.18. The second-order valence-electron chi connectivity index (χ2n) is 5.87. The van der Waals surface area contributed by atoms with E-state index < -0.39 is 9.84 Å². The molecule has 2 aliphatic rings. The molecule has 1 saturated carbocycles. The van der Waals surface area contributed by atoms with Crippen molar-refractivity contribution in [1.82, 2.24) is 5.32 Å². The van der Waals surface area contributed by atoms with E-state index in [-0.39, 0.29) is 41.9 Å². The minimum atomic E-state index is -2.91. The minimum Gasteiger partial charge on any atom is -0.396 e. The Hall–Kier alpha value is -0.620. The second-order valence-corrected chi connectivity index (χ2v) is 8.10. The maximum Gasteiger partial charge on any atom is 0.220 e. The van der Waals surface area contributed by atoms with E-state index in [1.165, 1.54) is 0 Å². The van der Waals surface area contributed by atoms with Crippen molar-refractivity contribution in [2.75, 3.05) is 18.1 Å². The molecule has 2 fully saturated rings. The van der Waals surface area contributed by atoms with Crippen molar-refractivity contribution in [3.63, 3.8) is 0 Å². The zero-order valence-corrected chi connectivity index (χ0v) is 12.0. The van der Waals surface area contributed by atoms with Crippen molar-refractivity contribution in [3.05, 3.63) is 0 Å². The normalized spacial score (nSPS) is 34.1. The number of carbonyl (C=O) groups excluding carboxylic acids is 1. The van der Waals surface area contributed by atoms with Gasteiger partial charge in [0.15, 0.2) is 9.84 Å². The van der Waals surface area contributed by atoms with Crippen LogP contribution in [0.4, 0.5) is 0 Å². The maximum absolute atomic E-state index is 12.0. The Morgan fingerprint density at radius 2 is 1.95 bits per heavy atom. The Kier molecular flexibility index (Phi) is 4.84. The van der Waals surface area contributed by atoms with Gasteiger partial charge in [-0.3, -0.25) is 4.79 Å². The second kappa shape index (κ2) is 6.22. The molecule has 0 spiro atoms. The smallest absolute Gasteiger partial charge is 0.220 e. The van der Waals surface area contributed by atoms with Crippen molar-refractivity contribution in [2.24, 2.45) is 11.8 Å². The van der Waals surface area contributed by atoms with Crippen LogP contribution in [0.25, 0.3) is 0 Å². The van der Waals surface area contributed by atoms with Crippen LogP contribution >= 0.6 is 0 Å². The Bertz CT molecular complexity index is 420. The topological polar surface area (TPSA) is 83.5 Å². The molecule has 3 unspecified atom stereocenters. The van der Waals surface area contributed by atoms with Gasteiger partial charge in [0, 0.05) is 25.0 Å². The average molecular weight is 289 g/mol. The maximum atomic E-state index is 12.0. The average Bonchev–Trinajstić information content (AvgIpc) is 2.69. The molecule has 0 bridgehead atoms. The van der Waals surface area contributed by atoms with Crippen molar-refractivity contribution < 1.29 is 18.3 Å². The van der Waals surface area contributed by atoms with Crippen LogP contribution in [0.15, 0.2) is 0 Å². The van der Waals surface area contributed by atoms with Gasteiger partial charge in [-0.1, -0.05) is 12.8 Å². The molecule has 0 aromatic heterocycles. The quantitative estimate of drug-likeness (QED) is 0.788. The lowest BCUT2D eigenvalue weighted by molar-refractivity contribution is -0.123. The molecule has 5 nitrogen and oxygen atoms in total. The predicted molar refractivity (Wildman–Crippen MR) is 72.4 cm³/mol. The van der Waals surface area contributed by atoms with E-state index in [2.05, 4.69) is 5.32 Å². The predicted octanol–water partition coefficient (Wildman–Crippen LogP) is 0.478. The van der Waals surface area contributed by atoms with Gasteiger partial charge in [0.25, 0.3) is 0 Å². The van der Waals surface area contributed by atoms with Gasteiger partial charge >= 0.3 is 0 Å². The Labute approximate surface area is 114 Å². The van der Waals surface area contributed by atoms with E-state index in [1.54, 1.807) is 0 Å². The van der Waals surface area contributed by atoms with E-state index in [4.69, 9.17) is 0 Å². The van der Waals surface area contributed by atoms with Gasteiger partial charge < -0.3 is 10.4 Å². The highest BCUT2D eigenvalue weighted by atomic mass is 32.2. The fraction of sp³-hybridized carbons (Fsp3) is 0.923. The molecular weight excluding hydrogens is 266 g/mol. The summed E-state index contributed by atoms with van der Waals surface area (Å²) in [6.45, 7) is 0.114. The first-order chi connectivity index (χ1) is 9.00. The standard InChI is InChI=1S/C13H23NO4S/c15-8-11-3-1-2-4-12(11)14-13(16)7-10-5-6-19(17,18)9-10/h10-12,15H,1-9H2,(H,14,16). The lowest BCUT2D eigenvalue weighted by Gasteiger charge is -2.31. The van der Waals surface area contributed by atoms with E-state index >= 15 is 0 Å². The molecule has 19 heavy (non-hydrogen) atoms. The van der Waals surface area contributed by atoms with Crippen molar-refractivity contribution in [2.45, 2.75) is 44.6 Å². The monoisotopic (exact) mass is 289 g/mol. The van der Waals surface area contributed by atoms with Crippen molar-refractivity contribution in [1.29, 1.82) is 0 Å². The number of aliphatic hydroxyl groups excluding tert-OH is 1. The molecule has 1 aliphatic carbocycles. The molecule has 0 aromatic carbocycles. The highest BCUT2D eigenvalue weighted by Crippen LogP contribution is 2.25. The summed E-state index contributed by atoms with van der Waals surface area (Å²) in [7, 11) is -2.91. The van der Waals surface area contributed by atoms with Crippen LogP contribution in [-0.4, -0.2) is 43.6 Å². The molecular formula is C13H23NO4S. The van der Waals surface area contributed by atoms with E-state index in [1.807, 2.05) is 0 Å². The van der Waals surface area contributed by atoms with E-state index in [0.717, 1.165) is 25.7 Å². The number of amides is 1. The van der Waals surface area contributed by atoms with Crippen molar-refractivity contribution in [3.8, 4) is 0 Å². The summed E-state index contributed by atoms with van der Waals surface area (Å²) in [6.07, 6.45) is 4.97. The van der Waals surface area contributed by atoms with Gasteiger partial charge in [-0.05, 0) is 25.2 Å². The number of rotatable bonds is 4. The van der Waals surface area contributed by atoms with Crippen LogP contribution in [-0.2, 0) is 14.6 Å². The molecule has 1 amide bonds. The number of carbonyl (C=O) groups is 1. The zero-order chi connectivity index (χ0) is 13.9. The Morgan fingerprint density at radius 1 is 1.21 bits per heavy atom. The van der Waals surface area contributed by atoms with Crippen molar-refractivity contribution >= 4 is 15.7 Å². The van der Waals surface area contributed by atoms with Crippen LogP contribution < -0.4 is 5.32 Å². The highest BCUT2D eigenvalue weighted by molar-refractivity contribution is 7.91. The van der Waals surface area contributed by atoms with Gasteiger partial charge in [-0.2, -0.15) is 0 Å². The summed E-state index contributed by atoms with van der Waals surface area (Å²) in [5.41, 5.74) is 0. The molecule has 2 N–H and O–H groups in total. The lowest BCUT2D eigenvalue weighted by Crippen LogP contribution is -2.43. The summed E-state index contributed by atoms with van der Waals surface area (Å²) >= 11 is 0. The number of hydrogen-bond donors (Lipinski definition) is 2. The fourth-order valence-corrected chi connectivity index (χ4v) is 5.04. The van der Waals surface area contributed by atoms with Gasteiger partial charge in [0.1, 0.15) is 0 Å². The van der Waals surface area contributed by atoms with Gasteiger partial charge in [-0.15, -0.1) is 0 Å². The molecule has 0 aromatic rings. The number of nitrogens with one attached hydrogen (secondary N) is 1. The van der Waals surface area contributed by atoms with Crippen LogP contribution in [0.5, 0.6) is 0 Å². The van der Waals surface area contributed by atoms with Gasteiger partial charge in [0.05, 0.1) is 11.5 Å². The third-order valence-corrected chi connectivity index (χ3v) is 6.13. The molecule has 0 radical (unpaired) electrons. The number of sulfone groups is 1. The van der Waals surface area contributed by atoms with Gasteiger partial charge in [-0.25, -0.2) is 8.42 Å². The molecule has 6 heteroatoms. The molecule has 3 atom stereocenters. The molecule has 1 heterocycles. The zero-order valence-electron chi connectivity index (χ0n) is 11.2. The molecule has 110 valence electrons. The molecule has 1 aliphatic heterocycles. The highest BCUT2D eigenvalue weighted by Gasteiger charge is 2.31. The lowest BCUT2D eigenvalue weighted by atomic mass is 9.85. The van der Waals surface area contributed by atoms with Crippen LogP contribution in [0.2, 0.25) is 0 Å². The first kappa shape index (κ1) is 14.8. The van der Waals surface area contributed by atoms with Crippen LogP contribution in [0.3, 0.4) is 0 Å². The Morgan fingerprint density at radius 3 is 2.58 bits per heavy atom. The number of hydrogen-bond acceptors (Lipinski definition) is 4. The molecule has 1 saturated heterocycles. The first-order valence-corrected chi connectivity index (χ1v) is 8.93. The Balaban J connectivity index is 1.80. The summed E-state index contributed by atoms with van der Waals surface area (Å²) < 4.78 is 22.7. The molecule has 2 rings (SSSR count). The summed E-state index contributed by atoms with van der Waals surface area (Å²) in [5.74, 6) is 0.431. The summed E-state index contributed by atoms with van der Waals surface area (Å²) in [4.78, 5) is 12.0. The fourth-order valence-electron chi connectivity index (χ4n) is 3.18. The third-order valence-electron chi connectivity index (χ3n) is 4.29. The minimum absolute atomic E-state index is 0.0267. The summed E-state index contributed by atoms with van der Waals surface area (Å²) in [5, 5.41) is 12.3. The van der Waals surface area contributed by atoms with E-state index in [9.17, 15) is 18.3 Å². The SMILES string of the molecule is O=C(CC1CCS(=O)(=O)C1)NC1CCCCC1CO. The van der Waals surface area contributed by atoms with E-state index in [0.29, 0.717) is 12.8 Å². The first-order valence-electron chi connectivity index (χ1n) is 7.11.